The molecule has 0 aliphatic carbocycles. The van der Waals surface area contributed by atoms with Crippen LogP contribution in [-0.4, -0.2) is 11.2 Å². The molecule has 1 atom stereocenters. The van der Waals surface area contributed by atoms with Crippen molar-refractivity contribution in [3.8, 4) is 0 Å². The van der Waals surface area contributed by atoms with E-state index in [1.54, 1.807) is 13.0 Å². The first-order valence-corrected chi connectivity index (χ1v) is 5.80. The highest BCUT2D eigenvalue weighted by molar-refractivity contribution is 6.31. The minimum Gasteiger partial charge on any atom is -0.393 e. The summed E-state index contributed by atoms with van der Waals surface area (Å²) >= 11 is 5.97. The molecule has 1 aromatic rings. The summed E-state index contributed by atoms with van der Waals surface area (Å²) < 4.78 is 12.9. The van der Waals surface area contributed by atoms with E-state index in [1.165, 1.54) is 12.1 Å². The zero-order valence-corrected chi connectivity index (χ0v) is 10.7. The number of halogens is 2. The number of benzene rings is 1. The molecule has 0 aliphatic heterocycles. The average molecular weight is 245 g/mol. The molecule has 3 heteroatoms. The SMILES string of the molecule is CC(O)CC(C)(C)Cc1ccc(F)cc1Cl. The molecule has 1 nitrogen and oxygen atoms in total. The fraction of sp³-hybridized carbons (Fsp3) is 0.538. The van der Waals surface area contributed by atoms with Crippen LogP contribution in [-0.2, 0) is 6.42 Å². The van der Waals surface area contributed by atoms with E-state index in [2.05, 4.69) is 13.8 Å². The van der Waals surface area contributed by atoms with Crippen molar-refractivity contribution >= 4 is 11.6 Å². The van der Waals surface area contributed by atoms with Crippen LogP contribution in [0.2, 0.25) is 5.02 Å². The number of aliphatic hydroxyl groups excluding tert-OH is 1. The zero-order chi connectivity index (χ0) is 12.3. The molecular weight excluding hydrogens is 227 g/mol. The Balaban J connectivity index is 2.79. The summed E-state index contributed by atoms with van der Waals surface area (Å²) in [4.78, 5) is 0. The van der Waals surface area contributed by atoms with Crippen molar-refractivity contribution in [2.45, 2.75) is 39.7 Å². The largest absolute Gasteiger partial charge is 0.393 e. The Hall–Kier alpha value is -0.600. The number of aliphatic hydroxyl groups is 1. The molecule has 0 radical (unpaired) electrons. The molecule has 0 bridgehead atoms. The third-order valence-corrected chi connectivity index (χ3v) is 2.88. The van der Waals surface area contributed by atoms with E-state index >= 15 is 0 Å². The highest BCUT2D eigenvalue weighted by Gasteiger charge is 2.22. The summed E-state index contributed by atoms with van der Waals surface area (Å²) in [5, 5.41) is 9.84. The lowest BCUT2D eigenvalue weighted by Gasteiger charge is -2.26. The van der Waals surface area contributed by atoms with E-state index in [0.717, 1.165) is 12.0 Å². The van der Waals surface area contributed by atoms with Crippen molar-refractivity contribution in [3.63, 3.8) is 0 Å². The summed E-state index contributed by atoms with van der Waals surface area (Å²) in [6.45, 7) is 5.91. The first kappa shape index (κ1) is 13.5. The van der Waals surface area contributed by atoms with Crippen molar-refractivity contribution in [2.24, 2.45) is 5.41 Å². The van der Waals surface area contributed by atoms with Crippen LogP contribution in [0, 0.1) is 11.2 Å². The molecule has 0 aromatic heterocycles. The van der Waals surface area contributed by atoms with Gasteiger partial charge in [-0.05, 0) is 42.9 Å². The van der Waals surface area contributed by atoms with Crippen LogP contribution in [0.1, 0.15) is 32.8 Å². The Morgan fingerprint density at radius 3 is 2.56 bits per heavy atom. The number of hydrogen-bond donors (Lipinski definition) is 1. The molecule has 0 amide bonds. The molecule has 0 saturated heterocycles. The van der Waals surface area contributed by atoms with Gasteiger partial charge in [-0.1, -0.05) is 31.5 Å². The topological polar surface area (TPSA) is 20.2 Å². The summed E-state index contributed by atoms with van der Waals surface area (Å²) in [5.74, 6) is -0.318. The molecule has 0 aliphatic rings. The Morgan fingerprint density at radius 1 is 1.44 bits per heavy atom. The first-order valence-electron chi connectivity index (χ1n) is 5.42. The van der Waals surface area contributed by atoms with Crippen LogP contribution >= 0.6 is 11.6 Å². The van der Waals surface area contributed by atoms with Gasteiger partial charge in [0.25, 0.3) is 0 Å². The summed E-state index contributed by atoms with van der Waals surface area (Å²) in [5.41, 5.74) is 0.879. The third-order valence-electron chi connectivity index (χ3n) is 2.53. The molecule has 1 rings (SSSR count). The van der Waals surface area contributed by atoms with E-state index in [4.69, 9.17) is 11.6 Å². The lowest BCUT2D eigenvalue weighted by atomic mass is 9.81. The first-order chi connectivity index (χ1) is 7.30. The molecule has 0 heterocycles. The van der Waals surface area contributed by atoms with Crippen molar-refractivity contribution in [2.75, 3.05) is 0 Å². The van der Waals surface area contributed by atoms with Gasteiger partial charge in [-0.15, -0.1) is 0 Å². The molecule has 90 valence electrons. The Morgan fingerprint density at radius 2 is 2.06 bits per heavy atom. The lowest BCUT2D eigenvalue weighted by Crippen LogP contribution is -2.21. The van der Waals surface area contributed by atoms with Gasteiger partial charge in [0, 0.05) is 5.02 Å². The second-order valence-electron chi connectivity index (χ2n) is 5.13. The van der Waals surface area contributed by atoms with Gasteiger partial charge in [0.2, 0.25) is 0 Å². The standard InChI is InChI=1S/C13H18ClFO/c1-9(16)7-13(2,3)8-10-4-5-11(15)6-12(10)14/h4-6,9,16H,7-8H2,1-3H3. The molecule has 16 heavy (non-hydrogen) atoms. The van der Waals surface area contributed by atoms with Gasteiger partial charge in [0.15, 0.2) is 0 Å². The summed E-state index contributed by atoms with van der Waals surface area (Å²) in [6, 6.07) is 4.45. The molecule has 0 fully saturated rings. The fourth-order valence-corrected chi connectivity index (χ4v) is 2.29. The van der Waals surface area contributed by atoms with Crippen LogP contribution in [0.3, 0.4) is 0 Å². The fourth-order valence-electron chi connectivity index (χ4n) is 2.05. The van der Waals surface area contributed by atoms with E-state index in [1.807, 2.05) is 0 Å². The van der Waals surface area contributed by atoms with Crippen molar-refractivity contribution in [3.05, 3.63) is 34.6 Å². The minimum absolute atomic E-state index is 0.0460. The number of rotatable bonds is 4. The number of hydrogen-bond acceptors (Lipinski definition) is 1. The summed E-state index contributed by atoms with van der Waals surface area (Å²) in [6.07, 6.45) is 1.09. The van der Waals surface area contributed by atoms with Crippen LogP contribution < -0.4 is 0 Å². The van der Waals surface area contributed by atoms with Gasteiger partial charge in [-0.25, -0.2) is 4.39 Å². The average Bonchev–Trinajstić information content (AvgIpc) is 2.07. The van der Waals surface area contributed by atoms with Crippen molar-refractivity contribution in [1.29, 1.82) is 0 Å². The monoisotopic (exact) mass is 244 g/mol. The molecule has 1 N–H and O–H groups in total. The smallest absolute Gasteiger partial charge is 0.124 e. The quantitative estimate of drug-likeness (QED) is 0.854. The minimum atomic E-state index is -0.339. The maximum atomic E-state index is 12.9. The van der Waals surface area contributed by atoms with Gasteiger partial charge in [-0.2, -0.15) is 0 Å². The van der Waals surface area contributed by atoms with Gasteiger partial charge in [0.05, 0.1) is 6.10 Å². The molecule has 0 saturated carbocycles. The van der Waals surface area contributed by atoms with Gasteiger partial charge in [0.1, 0.15) is 5.82 Å². The van der Waals surface area contributed by atoms with Crippen molar-refractivity contribution in [1.82, 2.24) is 0 Å². The maximum absolute atomic E-state index is 12.9. The molecule has 1 aromatic carbocycles. The molecule has 0 spiro atoms. The Kier molecular flexibility index (Phi) is 4.34. The second kappa shape index (κ2) is 5.15. The maximum Gasteiger partial charge on any atom is 0.124 e. The van der Waals surface area contributed by atoms with Crippen LogP contribution in [0.25, 0.3) is 0 Å². The van der Waals surface area contributed by atoms with Crippen molar-refractivity contribution < 1.29 is 9.50 Å². The lowest BCUT2D eigenvalue weighted by molar-refractivity contribution is 0.129. The Labute approximate surface area is 101 Å². The predicted molar refractivity (Wildman–Crippen MR) is 65.2 cm³/mol. The van der Waals surface area contributed by atoms with E-state index in [0.29, 0.717) is 11.4 Å². The van der Waals surface area contributed by atoms with Gasteiger partial charge in [-0.3, -0.25) is 0 Å². The predicted octanol–water partition coefficient (Wildman–Crippen LogP) is 3.82. The van der Waals surface area contributed by atoms with E-state index in [9.17, 15) is 9.50 Å². The third kappa shape index (κ3) is 4.11. The van der Waals surface area contributed by atoms with Crippen LogP contribution in [0.5, 0.6) is 0 Å². The van der Waals surface area contributed by atoms with E-state index in [-0.39, 0.29) is 17.3 Å². The molecular formula is C13H18ClFO. The van der Waals surface area contributed by atoms with Crippen LogP contribution in [0.4, 0.5) is 4.39 Å². The second-order valence-corrected chi connectivity index (χ2v) is 5.54. The zero-order valence-electron chi connectivity index (χ0n) is 9.93. The van der Waals surface area contributed by atoms with Gasteiger partial charge < -0.3 is 5.11 Å². The highest BCUT2D eigenvalue weighted by Crippen LogP contribution is 2.30. The van der Waals surface area contributed by atoms with Gasteiger partial charge >= 0.3 is 0 Å². The summed E-state index contributed by atoms with van der Waals surface area (Å²) in [7, 11) is 0. The Bertz CT molecular complexity index is 361. The van der Waals surface area contributed by atoms with E-state index < -0.39 is 0 Å². The van der Waals surface area contributed by atoms with Crippen LogP contribution in [0.15, 0.2) is 18.2 Å². The molecule has 1 unspecified atom stereocenters. The normalized spacial score (nSPS) is 13.9. The highest BCUT2D eigenvalue weighted by atomic mass is 35.5.